The Morgan fingerprint density at radius 1 is 1.59 bits per heavy atom. The van der Waals surface area contributed by atoms with Gasteiger partial charge in [0.05, 0.1) is 0 Å². The van der Waals surface area contributed by atoms with Crippen molar-refractivity contribution in [3.05, 3.63) is 28.8 Å². The first kappa shape index (κ1) is 12.2. The quantitative estimate of drug-likeness (QED) is 0.842. The van der Waals surface area contributed by atoms with Crippen LogP contribution in [0.25, 0.3) is 0 Å². The third-order valence-electron chi connectivity index (χ3n) is 3.24. The summed E-state index contributed by atoms with van der Waals surface area (Å²) in [5.41, 5.74) is 6.74. The molecule has 0 bridgehead atoms. The van der Waals surface area contributed by atoms with E-state index in [1.54, 1.807) is 0 Å². The summed E-state index contributed by atoms with van der Waals surface area (Å²) >= 11 is 5.95. The number of hydrogen-bond donors (Lipinski definition) is 2. The predicted octanol–water partition coefficient (Wildman–Crippen LogP) is 1.64. The Hall–Kier alpha value is -1.26. The van der Waals surface area contributed by atoms with Gasteiger partial charge in [0, 0.05) is 23.8 Å². The van der Waals surface area contributed by atoms with Crippen molar-refractivity contribution in [3.63, 3.8) is 0 Å². The number of halogens is 1. The zero-order valence-electron chi connectivity index (χ0n) is 9.61. The van der Waals surface area contributed by atoms with Gasteiger partial charge >= 0.3 is 5.97 Å². The molecule has 1 fully saturated rings. The molecule has 5 heteroatoms. The molecule has 0 aromatic heterocycles. The molecule has 3 N–H and O–H groups in total. The van der Waals surface area contributed by atoms with Crippen LogP contribution in [0.4, 0.5) is 5.69 Å². The summed E-state index contributed by atoms with van der Waals surface area (Å²) in [7, 11) is 0. The molecule has 92 valence electrons. The van der Waals surface area contributed by atoms with E-state index in [-0.39, 0.29) is 0 Å². The van der Waals surface area contributed by atoms with E-state index in [2.05, 4.69) is 0 Å². The topological polar surface area (TPSA) is 66.6 Å². The molecule has 0 amide bonds. The minimum atomic E-state index is -1.14. The maximum atomic E-state index is 11.1. The number of benzene rings is 1. The summed E-state index contributed by atoms with van der Waals surface area (Å²) in [6, 6.07) is 5.60. The largest absolute Gasteiger partial charge is 0.480 e. The van der Waals surface area contributed by atoms with Gasteiger partial charge < -0.3 is 15.7 Å². The van der Waals surface area contributed by atoms with Gasteiger partial charge in [-0.2, -0.15) is 0 Å². The summed E-state index contributed by atoms with van der Waals surface area (Å²) in [6.45, 7) is 2.94. The van der Waals surface area contributed by atoms with E-state index >= 15 is 0 Å². The van der Waals surface area contributed by atoms with Gasteiger partial charge in [-0.05, 0) is 31.0 Å². The average molecular weight is 255 g/mol. The van der Waals surface area contributed by atoms with Crippen LogP contribution in [0.15, 0.2) is 18.2 Å². The first-order chi connectivity index (χ1) is 7.92. The molecule has 1 atom stereocenters. The van der Waals surface area contributed by atoms with Gasteiger partial charge in [-0.3, -0.25) is 4.79 Å². The van der Waals surface area contributed by atoms with Gasteiger partial charge in [-0.15, -0.1) is 0 Å². The molecule has 1 aliphatic rings. The lowest BCUT2D eigenvalue weighted by Gasteiger charge is -2.23. The number of rotatable bonds is 2. The third kappa shape index (κ3) is 2.23. The zero-order valence-corrected chi connectivity index (χ0v) is 10.4. The molecule has 0 spiro atoms. The number of carbonyl (C=O) groups is 1. The number of carboxylic acids is 1. The number of carboxylic acid groups (broad SMARTS) is 1. The number of nitrogens with two attached hydrogens (primary N) is 1. The highest BCUT2D eigenvalue weighted by atomic mass is 35.5. The van der Waals surface area contributed by atoms with Gasteiger partial charge in [0.15, 0.2) is 0 Å². The Bertz CT molecular complexity index is 464. The fourth-order valence-corrected chi connectivity index (χ4v) is 2.30. The summed E-state index contributed by atoms with van der Waals surface area (Å²) < 4.78 is 0. The van der Waals surface area contributed by atoms with Crippen LogP contribution in [0.5, 0.6) is 0 Å². The van der Waals surface area contributed by atoms with E-state index in [4.69, 9.17) is 22.4 Å². The van der Waals surface area contributed by atoms with Crippen LogP contribution in [0.2, 0.25) is 5.02 Å². The molecular formula is C12H15ClN2O2. The predicted molar refractivity (Wildman–Crippen MR) is 67.6 cm³/mol. The van der Waals surface area contributed by atoms with Gasteiger partial charge in [-0.25, -0.2) is 0 Å². The van der Waals surface area contributed by atoms with Crippen molar-refractivity contribution >= 4 is 23.3 Å². The summed E-state index contributed by atoms with van der Waals surface area (Å²) in [5.74, 6) is -0.945. The average Bonchev–Trinajstić information content (AvgIpc) is 2.66. The maximum absolute atomic E-state index is 11.1. The van der Waals surface area contributed by atoms with Crippen molar-refractivity contribution in [2.24, 2.45) is 5.73 Å². The summed E-state index contributed by atoms with van der Waals surface area (Å²) in [4.78, 5) is 13.1. The van der Waals surface area contributed by atoms with Crippen LogP contribution in [0.3, 0.4) is 0 Å². The van der Waals surface area contributed by atoms with E-state index < -0.39 is 11.5 Å². The molecule has 0 aliphatic carbocycles. The summed E-state index contributed by atoms with van der Waals surface area (Å²) in [5, 5.41) is 9.73. The summed E-state index contributed by atoms with van der Waals surface area (Å²) in [6.07, 6.45) is 0.453. The fourth-order valence-electron chi connectivity index (χ4n) is 2.14. The molecule has 1 aromatic carbocycles. The number of hydrogen-bond acceptors (Lipinski definition) is 3. The molecule has 1 aromatic rings. The molecule has 1 aliphatic heterocycles. The molecule has 1 heterocycles. The van der Waals surface area contributed by atoms with Crippen molar-refractivity contribution in [2.75, 3.05) is 18.0 Å². The highest BCUT2D eigenvalue weighted by Crippen LogP contribution is 2.30. The van der Waals surface area contributed by atoms with Crippen molar-refractivity contribution in [2.45, 2.75) is 18.9 Å². The third-order valence-corrected chi connectivity index (χ3v) is 3.47. The van der Waals surface area contributed by atoms with E-state index in [1.165, 1.54) is 0 Å². The SMILES string of the molecule is Cc1ccc(Cl)cc1N1CCC(N)(C(=O)O)C1. The highest BCUT2D eigenvalue weighted by molar-refractivity contribution is 6.30. The van der Waals surface area contributed by atoms with E-state index in [9.17, 15) is 4.79 Å². The van der Waals surface area contributed by atoms with Crippen LogP contribution in [0.1, 0.15) is 12.0 Å². The number of aliphatic carboxylic acids is 1. The molecule has 2 rings (SSSR count). The van der Waals surface area contributed by atoms with Gasteiger partial charge in [0.25, 0.3) is 0 Å². The van der Waals surface area contributed by atoms with Crippen molar-refractivity contribution < 1.29 is 9.90 Å². The molecular weight excluding hydrogens is 240 g/mol. The van der Waals surface area contributed by atoms with Crippen molar-refractivity contribution in [3.8, 4) is 0 Å². The molecule has 17 heavy (non-hydrogen) atoms. The molecule has 0 radical (unpaired) electrons. The van der Waals surface area contributed by atoms with Gasteiger partial charge in [0.2, 0.25) is 0 Å². The minimum Gasteiger partial charge on any atom is -0.480 e. The van der Waals surface area contributed by atoms with Gasteiger partial charge in [0.1, 0.15) is 5.54 Å². The Labute approximate surface area is 105 Å². The number of aryl methyl sites for hydroxylation is 1. The lowest BCUT2D eigenvalue weighted by molar-refractivity contribution is -0.142. The standard InChI is InChI=1S/C12H15ClN2O2/c1-8-2-3-9(13)6-10(8)15-5-4-12(14,7-15)11(16)17/h2-3,6H,4-5,7,14H2,1H3,(H,16,17). The first-order valence-corrected chi connectivity index (χ1v) is 5.83. The number of anilines is 1. The van der Waals surface area contributed by atoms with Gasteiger partial charge in [-0.1, -0.05) is 17.7 Å². The second-order valence-electron chi connectivity index (χ2n) is 4.56. The van der Waals surface area contributed by atoms with E-state index in [1.807, 2.05) is 30.0 Å². The molecule has 1 unspecified atom stereocenters. The van der Waals surface area contributed by atoms with Crippen LogP contribution >= 0.6 is 11.6 Å². The minimum absolute atomic E-state index is 0.323. The zero-order chi connectivity index (χ0) is 12.6. The lowest BCUT2D eigenvalue weighted by atomic mass is 10.0. The van der Waals surface area contributed by atoms with Crippen LogP contribution in [-0.4, -0.2) is 29.7 Å². The maximum Gasteiger partial charge on any atom is 0.325 e. The van der Waals surface area contributed by atoms with Crippen LogP contribution in [0, 0.1) is 6.92 Å². The smallest absolute Gasteiger partial charge is 0.325 e. The normalized spacial score (nSPS) is 24.1. The lowest BCUT2D eigenvalue weighted by Crippen LogP contribution is -2.50. The van der Waals surface area contributed by atoms with Crippen molar-refractivity contribution in [1.29, 1.82) is 0 Å². The Balaban J connectivity index is 2.26. The monoisotopic (exact) mass is 254 g/mol. The Kier molecular flexibility index (Phi) is 3.02. The van der Waals surface area contributed by atoms with Crippen molar-refractivity contribution in [1.82, 2.24) is 0 Å². The second-order valence-corrected chi connectivity index (χ2v) is 5.00. The van der Waals surface area contributed by atoms with E-state index in [0.717, 1.165) is 11.3 Å². The second kappa shape index (κ2) is 4.20. The Morgan fingerprint density at radius 2 is 2.29 bits per heavy atom. The molecule has 4 nitrogen and oxygen atoms in total. The Morgan fingerprint density at radius 3 is 2.88 bits per heavy atom. The molecule has 0 saturated carbocycles. The number of nitrogens with zero attached hydrogens (tertiary/aromatic N) is 1. The highest BCUT2D eigenvalue weighted by Gasteiger charge is 2.41. The van der Waals surface area contributed by atoms with E-state index in [0.29, 0.717) is 24.5 Å². The van der Waals surface area contributed by atoms with Crippen LogP contribution < -0.4 is 10.6 Å². The fraction of sp³-hybridized carbons (Fsp3) is 0.417. The molecule has 1 saturated heterocycles. The first-order valence-electron chi connectivity index (χ1n) is 5.46. The van der Waals surface area contributed by atoms with Crippen LogP contribution in [-0.2, 0) is 4.79 Å².